The van der Waals surface area contributed by atoms with Gasteiger partial charge in [0.25, 0.3) is 0 Å². The van der Waals surface area contributed by atoms with Gasteiger partial charge in [0.15, 0.2) is 5.82 Å². The minimum Gasteiger partial charge on any atom is -0.369 e. The van der Waals surface area contributed by atoms with E-state index in [2.05, 4.69) is 37.4 Å². The molecule has 0 bridgehead atoms. The lowest BCUT2D eigenvalue weighted by molar-refractivity contribution is 0.399. The number of rotatable bonds is 5. The Morgan fingerprint density at radius 3 is 2.69 bits per heavy atom. The largest absolute Gasteiger partial charge is 0.369 e. The van der Waals surface area contributed by atoms with Crippen LogP contribution in [0.3, 0.4) is 0 Å². The summed E-state index contributed by atoms with van der Waals surface area (Å²) in [7, 11) is 0. The van der Waals surface area contributed by atoms with Crippen LogP contribution in [-0.4, -0.2) is 36.8 Å². The standard InChI is InChI=1S/C25H21FN6/c26-21-13-28-25(29-19-7-4-12-31(16-19)20-9-10-20)30-24(21)22-14-27-23-11-8-18(15-32(22)23)17-5-2-1-3-6-17/h1-8,11,13-16,20H,9-10,12H2,(H,28,29,30). The molecule has 6 nitrogen and oxygen atoms in total. The lowest BCUT2D eigenvalue weighted by Gasteiger charge is -2.23. The Balaban J connectivity index is 1.36. The molecular weight excluding hydrogens is 403 g/mol. The molecule has 1 saturated carbocycles. The third kappa shape index (κ3) is 3.51. The number of anilines is 1. The number of benzene rings is 1. The molecule has 4 aromatic rings. The molecular formula is C25H21FN6. The van der Waals surface area contributed by atoms with E-state index in [1.807, 2.05) is 59.1 Å². The molecule has 1 N–H and O–H groups in total. The average Bonchev–Trinajstić information content (AvgIpc) is 3.61. The van der Waals surface area contributed by atoms with Crippen molar-refractivity contribution in [1.82, 2.24) is 24.3 Å². The van der Waals surface area contributed by atoms with Crippen LogP contribution in [0.4, 0.5) is 10.3 Å². The minimum absolute atomic E-state index is 0.208. The van der Waals surface area contributed by atoms with Gasteiger partial charge in [0.2, 0.25) is 5.95 Å². The molecule has 3 aromatic heterocycles. The number of nitrogens with zero attached hydrogens (tertiary/aromatic N) is 5. The molecule has 0 saturated heterocycles. The van der Waals surface area contributed by atoms with E-state index in [1.165, 1.54) is 19.0 Å². The van der Waals surface area contributed by atoms with Gasteiger partial charge in [0.1, 0.15) is 11.3 Å². The van der Waals surface area contributed by atoms with Crippen molar-refractivity contribution in [3.63, 3.8) is 0 Å². The molecule has 1 aliphatic heterocycles. The fourth-order valence-electron chi connectivity index (χ4n) is 4.00. The topological polar surface area (TPSA) is 58.4 Å². The number of pyridine rings is 1. The van der Waals surface area contributed by atoms with Crippen LogP contribution < -0.4 is 5.32 Å². The number of imidazole rings is 1. The quantitative estimate of drug-likeness (QED) is 0.495. The van der Waals surface area contributed by atoms with Crippen molar-refractivity contribution >= 4 is 11.6 Å². The highest BCUT2D eigenvalue weighted by atomic mass is 19.1. The van der Waals surface area contributed by atoms with Gasteiger partial charge in [0.05, 0.1) is 23.8 Å². The van der Waals surface area contributed by atoms with Crippen molar-refractivity contribution in [2.24, 2.45) is 0 Å². The number of hydrogen-bond donors (Lipinski definition) is 1. The van der Waals surface area contributed by atoms with Crippen LogP contribution in [0, 0.1) is 5.82 Å². The van der Waals surface area contributed by atoms with Crippen molar-refractivity contribution in [2.75, 3.05) is 11.9 Å². The van der Waals surface area contributed by atoms with E-state index in [0.29, 0.717) is 17.7 Å². The third-order valence-corrected chi connectivity index (χ3v) is 5.79. The van der Waals surface area contributed by atoms with Gasteiger partial charge in [-0.3, -0.25) is 4.40 Å². The SMILES string of the molecule is Fc1cnc(NC2=CN(C3CC3)CC=C2)nc1-c1cnc2ccc(-c3ccccc3)cn12. The molecule has 1 aliphatic carbocycles. The number of fused-ring (bicyclic) bond motifs is 1. The molecule has 1 aromatic carbocycles. The van der Waals surface area contributed by atoms with Crippen molar-refractivity contribution in [2.45, 2.75) is 18.9 Å². The van der Waals surface area contributed by atoms with E-state index < -0.39 is 5.82 Å². The van der Waals surface area contributed by atoms with Gasteiger partial charge in [-0.2, -0.15) is 0 Å². The molecule has 4 heterocycles. The van der Waals surface area contributed by atoms with Crippen LogP contribution in [-0.2, 0) is 0 Å². The summed E-state index contributed by atoms with van der Waals surface area (Å²) in [6, 6.07) is 14.6. The first-order chi connectivity index (χ1) is 15.7. The fraction of sp³-hybridized carbons (Fsp3) is 0.160. The summed E-state index contributed by atoms with van der Waals surface area (Å²) >= 11 is 0. The zero-order valence-corrected chi connectivity index (χ0v) is 17.3. The van der Waals surface area contributed by atoms with Gasteiger partial charge in [0, 0.05) is 25.0 Å². The maximum Gasteiger partial charge on any atom is 0.228 e. The van der Waals surface area contributed by atoms with Gasteiger partial charge in [-0.25, -0.2) is 19.3 Å². The van der Waals surface area contributed by atoms with Crippen LogP contribution in [0.2, 0.25) is 0 Å². The Hall–Kier alpha value is -4.00. The summed E-state index contributed by atoms with van der Waals surface area (Å²) in [5, 5.41) is 3.22. The molecule has 0 radical (unpaired) electrons. The second kappa shape index (κ2) is 7.60. The van der Waals surface area contributed by atoms with Crippen LogP contribution in [0.15, 0.2) is 85.1 Å². The molecule has 32 heavy (non-hydrogen) atoms. The normalized spacial score (nSPS) is 15.8. The lowest BCUT2D eigenvalue weighted by atomic mass is 10.1. The molecule has 0 amide bonds. The van der Waals surface area contributed by atoms with Crippen molar-refractivity contribution in [3.8, 4) is 22.5 Å². The average molecular weight is 424 g/mol. The van der Waals surface area contributed by atoms with Gasteiger partial charge < -0.3 is 10.2 Å². The molecule has 0 atom stereocenters. The summed E-state index contributed by atoms with van der Waals surface area (Å²) in [5.41, 5.74) is 4.50. The molecule has 1 fully saturated rings. The van der Waals surface area contributed by atoms with Crippen molar-refractivity contribution in [3.05, 3.63) is 90.9 Å². The first-order valence-corrected chi connectivity index (χ1v) is 10.7. The lowest BCUT2D eigenvalue weighted by Crippen LogP contribution is -2.24. The van der Waals surface area contributed by atoms with Gasteiger partial charge in [-0.05, 0) is 42.2 Å². The molecule has 6 rings (SSSR count). The van der Waals surface area contributed by atoms with Crippen LogP contribution in [0.5, 0.6) is 0 Å². The van der Waals surface area contributed by atoms with Gasteiger partial charge >= 0.3 is 0 Å². The molecule has 158 valence electrons. The van der Waals surface area contributed by atoms with E-state index in [4.69, 9.17) is 0 Å². The maximum atomic E-state index is 14.8. The van der Waals surface area contributed by atoms with E-state index in [9.17, 15) is 4.39 Å². The second-order valence-electron chi connectivity index (χ2n) is 8.09. The molecule has 0 unspecified atom stereocenters. The fourth-order valence-corrected chi connectivity index (χ4v) is 4.00. The number of aromatic nitrogens is 4. The summed E-state index contributed by atoms with van der Waals surface area (Å²) in [5.74, 6) is -0.139. The smallest absolute Gasteiger partial charge is 0.228 e. The number of nitrogens with one attached hydrogen (secondary N) is 1. The highest BCUT2D eigenvalue weighted by Gasteiger charge is 2.27. The Morgan fingerprint density at radius 2 is 1.84 bits per heavy atom. The number of allylic oxidation sites excluding steroid dienone is 1. The van der Waals surface area contributed by atoms with E-state index in [0.717, 1.165) is 29.0 Å². The number of hydrogen-bond acceptors (Lipinski definition) is 5. The van der Waals surface area contributed by atoms with Gasteiger partial charge in [-0.1, -0.05) is 36.4 Å². The Labute approximate surface area is 184 Å². The zero-order chi connectivity index (χ0) is 21.5. The van der Waals surface area contributed by atoms with Crippen molar-refractivity contribution < 1.29 is 4.39 Å². The Kier molecular flexibility index (Phi) is 4.45. The van der Waals surface area contributed by atoms with E-state index in [1.54, 1.807) is 6.20 Å². The Bertz CT molecular complexity index is 1350. The van der Waals surface area contributed by atoms with Crippen LogP contribution in [0.1, 0.15) is 12.8 Å². The van der Waals surface area contributed by atoms with E-state index in [-0.39, 0.29) is 5.69 Å². The highest BCUT2D eigenvalue weighted by molar-refractivity contribution is 5.68. The number of halogens is 1. The van der Waals surface area contributed by atoms with Crippen LogP contribution >= 0.6 is 0 Å². The van der Waals surface area contributed by atoms with Gasteiger partial charge in [-0.15, -0.1) is 0 Å². The zero-order valence-electron chi connectivity index (χ0n) is 17.3. The molecule has 2 aliphatic rings. The first kappa shape index (κ1) is 18.7. The predicted molar refractivity (Wildman–Crippen MR) is 122 cm³/mol. The predicted octanol–water partition coefficient (Wildman–Crippen LogP) is 4.88. The summed E-state index contributed by atoms with van der Waals surface area (Å²) in [6.45, 7) is 0.914. The highest BCUT2D eigenvalue weighted by Crippen LogP contribution is 2.29. The van der Waals surface area contributed by atoms with Crippen LogP contribution in [0.25, 0.3) is 28.2 Å². The maximum absolute atomic E-state index is 14.8. The summed E-state index contributed by atoms with van der Waals surface area (Å²) in [4.78, 5) is 15.4. The monoisotopic (exact) mass is 424 g/mol. The van der Waals surface area contributed by atoms with Crippen molar-refractivity contribution in [1.29, 1.82) is 0 Å². The summed E-state index contributed by atoms with van der Waals surface area (Å²) in [6.07, 6.45) is 13.5. The molecule has 0 spiro atoms. The molecule has 7 heteroatoms. The minimum atomic E-state index is -0.491. The summed E-state index contributed by atoms with van der Waals surface area (Å²) < 4.78 is 16.7. The second-order valence-corrected chi connectivity index (χ2v) is 8.09. The van der Waals surface area contributed by atoms with E-state index >= 15 is 0 Å². The third-order valence-electron chi connectivity index (χ3n) is 5.79. The first-order valence-electron chi connectivity index (χ1n) is 10.7. The Morgan fingerprint density at radius 1 is 0.969 bits per heavy atom.